The van der Waals surface area contributed by atoms with Crippen molar-refractivity contribution < 1.29 is 13.2 Å². The first-order valence-corrected chi connectivity index (χ1v) is 8.60. The van der Waals surface area contributed by atoms with Crippen molar-refractivity contribution in [2.24, 2.45) is 7.05 Å². The van der Waals surface area contributed by atoms with Gasteiger partial charge in [0.05, 0.1) is 16.3 Å². The molecule has 0 aliphatic carbocycles. The van der Waals surface area contributed by atoms with Crippen LogP contribution < -0.4 is 5.32 Å². The summed E-state index contributed by atoms with van der Waals surface area (Å²) in [6.45, 7) is 1.81. The predicted molar refractivity (Wildman–Crippen MR) is 84.7 cm³/mol. The monoisotopic (exact) mass is 341 g/mol. The van der Waals surface area contributed by atoms with Crippen LogP contribution in [-0.4, -0.2) is 29.9 Å². The lowest BCUT2D eigenvalue weighted by Gasteiger charge is -2.06. The van der Waals surface area contributed by atoms with Crippen LogP contribution in [0.2, 0.25) is 5.02 Å². The van der Waals surface area contributed by atoms with Crippen molar-refractivity contribution in [2.75, 3.05) is 11.1 Å². The van der Waals surface area contributed by atoms with Crippen LogP contribution in [0.1, 0.15) is 12.1 Å². The van der Waals surface area contributed by atoms with Crippen LogP contribution in [0.5, 0.6) is 0 Å². The maximum atomic E-state index is 12.1. The largest absolute Gasteiger partial charge is 0.311 e. The quantitative estimate of drug-likeness (QED) is 0.903. The smallest absolute Gasteiger partial charge is 0.226 e. The molecule has 2 rings (SSSR count). The van der Waals surface area contributed by atoms with Crippen molar-refractivity contribution in [1.82, 2.24) is 9.78 Å². The molecule has 6 nitrogen and oxygen atoms in total. The Hall–Kier alpha value is -1.86. The summed E-state index contributed by atoms with van der Waals surface area (Å²) in [5.41, 5.74) is 0.770. The maximum absolute atomic E-state index is 12.1. The molecular weight excluding hydrogens is 326 g/mol. The van der Waals surface area contributed by atoms with E-state index in [4.69, 9.17) is 11.6 Å². The van der Waals surface area contributed by atoms with Gasteiger partial charge in [-0.05, 0) is 31.2 Å². The van der Waals surface area contributed by atoms with Crippen molar-refractivity contribution in [1.29, 1.82) is 0 Å². The number of hydrogen-bond donors (Lipinski definition) is 1. The van der Waals surface area contributed by atoms with Crippen LogP contribution >= 0.6 is 11.6 Å². The highest BCUT2D eigenvalue weighted by Crippen LogP contribution is 2.16. The highest BCUT2D eigenvalue weighted by atomic mass is 35.5. The number of sulfone groups is 1. The first-order chi connectivity index (χ1) is 10.3. The van der Waals surface area contributed by atoms with E-state index in [2.05, 4.69) is 10.4 Å². The number of aryl methyl sites for hydroxylation is 2. The van der Waals surface area contributed by atoms with Gasteiger partial charge >= 0.3 is 0 Å². The number of nitrogens with one attached hydrogen (secondary N) is 1. The number of anilines is 1. The van der Waals surface area contributed by atoms with Crippen LogP contribution in [0, 0.1) is 6.92 Å². The summed E-state index contributed by atoms with van der Waals surface area (Å²) in [6, 6.07) is 7.59. The van der Waals surface area contributed by atoms with E-state index in [1.54, 1.807) is 20.0 Å². The zero-order chi connectivity index (χ0) is 16.3. The second-order valence-electron chi connectivity index (χ2n) is 4.87. The Labute approximate surface area is 134 Å². The van der Waals surface area contributed by atoms with Crippen LogP contribution in [0.3, 0.4) is 0 Å². The van der Waals surface area contributed by atoms with Gasteiger partial charge in [0.2, 0.25) is 5.91 Å². The Morgan fingerprint density at radius 3 is 2.50 bits per heavy atom. The third kappa shape index (κ3) is 4.08. The minimum Gasteiger partial charge on any atom is -0.311 e. The van der Waals surface area contributed by atoms with Crippen molar-refractivity contribution in [3.63, 3.8) is 0 Å². The van der Waals surface area contributed by atoms with E-state index in [1.165, 1.54) is 28.9 Å². The van der Waals surface area contributed by atoms with Crippen LogP contribution in [0.25, 0.3) is 0 Å². The molecule has 0 unspecified atom stereocenters. The average Bonchev–Trinajstić information content (AvgIpc) is 2.75. The van der Waals surface area contributed by atoms with E-state index in [0.29, 0.717) is 10.8 Å². The first-order valence-electron chi connectivity index (χ1n) is 6.57. The standard InChI is InChI=1S/C14H16ClN3O3S/c1-10-9-13(18(2)17-10)16-14(19)7-8-22(20,21)12-5-3-11(15)4-6-12/h3-6,9H,7-8H2,1-2H3,(H,16,19). The average molecular weight is 342 g/mol. The molecule has 118 valence electrons. The van der Waals surface area contributed by atoms with Gasteiger partial charge in [0.25, 0.3) is 0 Å². The van der Waals surface area contributed by atoms with Crippen molar-refractivity contribution in [3.8, 4) is 0 Å². The fourth-order valence-corrected chi connectivity index (χ4v) is 3.29. The summed E-state index contributed by atoms with van der Waals surface area (Å²) in [5.74, 6) is -0.107. The molecule has 0 aliphatic heterocycles. The zero-order valence-electron chi connectivity index (χ0n) is 12.2. The fourth-order valence-electron chi connectivity index (χ4n) is 1.92. The SMILES string of the molecule is Cc1cc(NC(=O)CCS(=O)(=O)c2ccc(Cl)cc2)n(C)n1. The second kappa shape index (κ2) is 6.50. The number of nitrogens with zero attached hydrogens (tertiary/aromatic N) is 2. The number of carbonyl (C=O) groups is 1. The minimum absolute atomic E-state index is 0.130. The normalized spacial score (nSPS) is 11.4. The fraction of sp³-hybridized carbons (Fsp3) is 0.286. The molecule has 0 saturated carbocycles. The van der Waals surface area contributed by atoms with Crippen LogP contribution in [0.15, 0.2) is 35.2 Å². The predicted octanol–water partition coefficient (Wildman–Crippen LogP) is 2.18. The highest BCUT2D eigenvalue weighted by molar-refractivity contribution is 7.91. The Balaban J connectivity index is 1.98. The number of rotatable bonds is 5. The molecule has 0 aliphatic rings. The van der Waals surface area contributed by atoms with Gasteiger partial charge in [0.1, 0.15) is 5.82 Å². The molecule has 0 saturated heterocycles. The third-order valence-electron chi connectivity index (χ3n) is 3.04. The Morgan fingerprint density at radius 2 is 1.95 bits per heavy atom. The van der Waals surface area contributed by atoms with E-state index < -0.39 is 9.84 Å². The van der Waals surface area contributed by atoms with Crippen molar-refractivity contribution in [2.45, 2.75) is 18.2 Å². The van der Waals surface area contributed by atoms with Gasteiger partial charge in [-0.15, -0.1) is 0 Å². The summed E-state index contributed by atoms with van der Waals surface area (Å²) in [5, 5.41) is 7.20. The lowest BCUT2D eigenvalue weighted by Crippen LogP contribution is -2.18. The summed E-state index contributed by atoms with van der Waals surface area (Å²) in [6.07, 6.45) is -0.130. The molecule has 2 aromatic rings. The van der Waals surface area contributed by atoms with Gasteiger partial charge in [-0.1, -0.05) is 11.6 Å². The molecule has 1 aromatic heterocycles. The molecule has 8 heteroatoms. The molecule has 0 bridgehead atoms. The number of halogens is 1. The third-order valence-corrected chi connectivity index (χ3v) is 5.02. The number of aromatic nitrogens is 2. The number of carbonyl (C=O) groups excluding carboxylic acids is 1. The van der Waals surface area contributed by atoms with Gasteiger partial charge in [-0.25, -0.2) is 8.42 Å². The number of benzene rings is 1. The van der Waals surface area contributed by atoms with Crippen molar-refractivity contribution in [3.05, 3.63) is 41.0 Å². The number of hydrogen-bond acceptors (Lipinski definition) is 4. The molecular formula is C14H16ClN3O3S. The zero-order valence-corrected chi connectivity index (χ0v) is 13.8. The molecule has 0 atom stereocenters. The van der Waals surface area contributed by atoms with Crippen LogP contribution in [-0.2, 0) is 21.7 Å². The molecule has 1 heterocycles. The summed E-state index contributed by atoms with van der Waals surface area (Å²) >= 11 is 5.73. The summed E-state index contributed by atoms with van der Waals surface area (Å²) < 4.78 is 25.8. The van der Waals surface area contributed by atoms with E-state index >= 15 is 0 Å². The summed E-state index contributed by atoms with van der Waals surface area (Å²) in [4.78, 5) is 12.0. The Bertz CT molecular complexity index is 782. The Morgan fingerprint density at radius 1 is 1.32 bits per heavy atom. The summed E-state index contributed by atoms with van der Waals surface area (Å²) in [7, 11) is -1.81. The topological polar surface area (TPSA) is 81.1 Å². The lowest BCUT2D eigenvalue weighted by atomic mass is 10.4. The number of amides is 1. The first kappa shape index (κ1) is 16.5. The Kier molecular flexibility index (Phi) is 4.87. The van der Waals surface area contributed by atoms with Gasteiger partial charge in [-0.3, -0.25) is 9.48 Å². The molecule has 1 amide bonds. The van der Waals surface area contributed by atoms with Crippen LogP contribution in [0.4, 0.5) is 5.82 Å². The maximum Gasteiger partial charge on any atom is 0.226 e. The minimum atomic E-state index is -3.51. The van der Waals surface area contributed by atoms with Gasteiger partial charge < -0.3 is 5.32 Å². The van der Waals surface area contributed by atoms with Crippen molar-refractivity contribution >= 4 is 33.2 Å². The molecule has 1 aromatic carbocycles. The molecule has 0 radical (unpaired) electrons. The van der Waals surface area contributed by atoms with E-state index in [9.17, 15) is 13.2 Å². The lowest BCUT2D eigenvalue weighted by molar-refractivity contribution is -0.115. The molecule has 0 fully saturated rings. The second-order valence-corrected chi connectivity index (χ2v) is 7.41. The van der Waals surface area contributed by atoms with E-state index in [0.717, 1.165) is 5.69 Å². The van der Waals surface area contributed by atoms with Gasteiger partial charge in [0, 0.05) is 24.6 Å². The van der Waals surface area contributed by atoms with Gasteiger partial charge in [-0.2, -0.15) is 5.10 Å². The van der Waals surface area contributed by atoms with Gasteiger partial charge in [0.15, 0.2) is 9.84 Å². The highest BCUT2D eigenvalue weighted by Gasteiger charge is 2.17. The molecule has 22 heavy (non-hydrogen) atoms. The molecule has 0 spiro atoms. The van der Waals surface area contributed by atoms with E-state index in [1.807, 2.05) is 0 Å². The molecule has 1 N–H and O–H groups in total. The van der Waals surface area contributed by atoms with E-state index in [-0.39, 0.29) is 23.0 Å².